The number of carbonyl (C=O) groups is 1. The second-order valence-electron chi connectivity index (χ2n) is 5.39. The van der Waals surface area contributed by atoms with E-state index in [1.807, 2.05) is 54.8 Å². The molecular weight excluding hydrogens is 260 g/mol. The minimum atomic E-state index is 0.146. The summed E-state index contributed by atoms with van der Waals surface area (Å²) in [6.07, 6.45) is 3.20. The molecule has 0 saturated carbocycles. The second kappa shape index (κ2) is 5.52. The highest BCUT2D eigenvalue weighted by molar-refractivity contribution is 5.96. The van der Waals surface area contributed by atoms with E-state index in [9.17, 15) is 4.79 Å². The van der Waals surface area contributed by atoms with Gasteiger partial charge in [0.25, 0.3) is 0 Å². The molecule has 0 amide bonds. The number of benzene rings is 1. The zero-order valence-electron chi connectivity index (χ0n) is 12.3. The van der Waals surface area contributed by atoms with Gasteiger partial charge in [-0.1, -0.05) is 30.3 Å². The molecule has 1 aromatic carbocycles. The van der Waals surface area contributed by atoms with Crippen LogP contribution in [0.2, 0.25) is 0 Å². The number of aryl methyl sites for hydroxylation is 3. The van der Waals surface area contributed by atoms with Crippen molar-refractivity contribution in [3.63, 3.8) is 0 Å². The Bertz CT molecular complexity index is 788. The zero-order chi connectivity index (χ0) is 14.8. The number of ketones is 1. The van der Waals surface area contributed by atoms with E-state index in [1.165, 1.54) is 5.56 Å². The smallest absolute Gasteiger partial charge is 0.181 e. The molecule has 0 aliphatic carbocycles. The third-order valence-corrected chi connectivity index (χ3v) is 3.70. The molecule has 2 aromatic heterocycles. The average Bonchev–Trinajstić information content (AvgIpc) is 2.81. The molecule has 3 rings (SSSR count). The number of Topliss-reactive ketones (excluding diaryl/α,β-unsaturated/α-hetero) is 1. The fraction of sp³-hybridized carbons (Fsp3) is 0.222. The van der Waals surface area contributed by atoms with E-state index in [4.69, 9.17) is 0 Å². The zero-order valence-corrected chi connectivity index (χ0v) is 12.3. The Labute approximate surface area is 124 Å². The van der Waals surface area contributed by atoms with Crippen molar-refractivity contribution < 1.29 is 4.79 Å². The lowest BCUT2D eigenvalue weighted by Gasteiger charge is -2.03. The van der Waals surface area contributed by atoms with Crippen molar-refractivity contribution in [3.8, 4) is 0 Å². The molecule has 0 N–H and O–H groups in total. The minimum Gasteiger partial charge on any atom is -0.297 e. The van der Waals surface area contributed by atoms with Crippen LogP contribution in [0.5, 0.6) is 0 Å². The van der Waals surface area contributed by atoms with Gasteiger partial charge in [0, 0.05) is 12.6 Å². The van der Waals surface area contributed by atoms with Crippen LogP contribution < -0.4 is 0 Å². The maximum absolute atomic E-state index is 12.5. The van der Waals surface area contributed by atoms with Crippen molar-refractivity contribution in [2.24, 2.45) is 0 Å². The molecule has 0 aliphatic rings. The van der Waals surface area contributed by atoms with Gasteiger partial charge in [-0.3, -0.25) is 9.20 Å². The lowest BCUT2D eigenvalue weighted by molar-refractivity contribution is 0.0976. The van der Waals surface area contributed by atoms with Crippen LogP contribution in [0.25, 0.3) is 5.65 Å². The summed E-state index contributed by atoms with van der Waals surface area (Å²) in [4.78, 5) is 17.0. The van der Waals surface area contributed by atoms with Crippen molar-refractivity contribution in [1.29, 1.82) is 0 Å². The van der Waals surface area contributed by atoms with Crippen LogP contribution in [0.4, 0.5) is 0 Å². The summed E-state index contributed by atoms with van der Waals surface area (Å²) in [5, 5.41) is 0. The summed E-state index contributed by atoms with van der Waals surface area (Å²) in [6.45, 7) is 3.93. The Kier molecular flexibility index (Phi) is 3.57. The summed E-state index contributed by atoms with van der Waals surface area (Å²) < 4.78 is 1.90. The molecule has 0 atom stereocenters. The molecule has 0 fully saturated rings. The standard InChI is InChI=1S/C18H18N2O/c1-13-10-11-20-17(12-13)19-14(2)18(20)16(21)9-8-15-6-4-3-5-7-15/h3-7,10-12H,8-9H2,1-2H3. The van der Waals surface area contributed by atoms with E-state index in [0.29, 0.717) is 12.1 Å². The van der Waals surface area contributed by atoms with Crippen molar-refractivity contribution in [3.05, 3.63) is 71.2 Å². The number of hydrogen-bond acceptors (Lipinski definition) is 2. The normalized spacial score (nSPS) is 11.0. The van der Waals surface area contributed by atoms with Gasteiger partial charge in [0.15, 0.2) is 5.78 Å². The first-order valence-corrected chi connectivity index (χ1v) is 7.17. The van der Waals surface area contributed by atoms with Gasteiger partial charge in [0.1, 0.15) is 11.3 Å². The second-order valence-corrected chi connectivity index (χ2v) is 5.39. The monoisotopic (exact) mass is 278 g/mol. The van der Waals surface area contributed by atoms with E-state index in [0.717, 1.165) is 23.3 Å². The van der Waals surface area contributed by atoms with E-state index >= 15 is 0 Å². The van der Waals surface area contributed by atoms with Gasteiger partial charge in [0.05, 0.1) is 5.69 Å². The summed E-state index contributed by atoms with van der Waals surface area (Å²) in [7, 11) is 0. The van der Waals surface area contributed by atoms with Gasteiger partial charge < -0.3 is 0 Å². The predicted molar refractivity (Wildman–Crippen MR) is 83.8 cm³/mol. The van der Waals surface area contributed by atoms with Crippen LogP contribution in [0, 0.1) is 13.8 Å². The number of nitrogens with zero attached hydrogens (tertiary/aromatic N) is 2. The van der Waals surface area contributed by atoms with E-state index in [1.54, 1.807) is 0 Å². The fourth-order valence-electron chi connectivity index (χ4n) is 2.62. The van der Waals surface area contributed by atoms with Gasteiger partial charge >= 0.3 is 0 Å². The molecule has 3 heteroatoms. The predicted octanol–water partition coefficient (Wildman–Crippen LogP) is 3.77. The molecule has 3 aromatic rings. The Morgan fingerprint density at radius 1 is 1.14 bits per heavy atom. The fourth-order valence-corrected chi connectivity index (χ4v) is 2.62. The number of pyridine rings is 1. The molecule has 0 unspecified atom stereocenters. The first-order valence-electron chi connectivity index (χ1n) is 7.17. The molecule has 21 heavy (non-hydrogen) atoms. The summed E-state index contributed by atoms with van der Waals surface area (Å²) >= 11 is 0. The number of imidazole rings is 1. The largest absolute Gasteiger partial charge is 0.297 e. The van der Waals surface area contributed by atoms with E-state index in [-0.39, 0.29) is 5.78 Å². The van der Waals surface area contributed by atoms with Gasteiger partial charge in [-0.25, -0.2) is 4.98 Å². The lowest BCUT2D eigenvalue weighted by atomic mass is 10.1. The maximum atomic E-state index is 12.5. The van der Waals surface area contributed by atoms with Crippen molar-refractivity contribution in [2.45, 2.75) is 26.7 Å². The highest BCUT2D eigenvalue weighted by Gasteiger charge is 2.16. The van der Waals surface area contributed by atoms with Crippen LogP contribution in [-0.2, 0) is 6.42 Å². The van der Waals surface area contributed by atoms with Crippen molar-refractivity contribution in [1.82, 2.24) is 9.38 Å². The molecular formula is C18H18N2O. The number of carbonyl (C=O) groups excluding carboxylic acids is 1. The number of fused-ring (bicyclic) bond motifs is 1. The molecule has 0 aliphatic heterocycles. The molecule has 2 heterocycles. The van der Waals surface area contributed by atoms with Crippen LogP contribution >= 0.6 is 0 Å². The highest BCUT2D eigenvalue weighted by atomic mass is 16.1. The Hall–Kier alpha value is -2.42. The quantitative estimate of drug-likeness (QED) is 0.681. The van der Waals surface area contributed by atoms with Crippen LogP contribution in [0.3, 0.4) is 0 Å². The van der Waals surface area contributed by atoms with Gasteiger partial charge in [-0.15, -0.1) is 0 Å². The number of aromatic nitrogens is 2. The molecule has 0 saturated heterocycles. The van der Waals surface area contributed by atoms with Crippen LogP contribution in [0.15, 0.2) is 48.7 Å². The van der Waals surface area contributed by atoms with Crippen molar-refractivity contribution >= 4 is 11.4 Å². The van der Waals surface area contributed by atoms with E-state index < -0.39 is 0 Å². The lowest BCUT2D eigenvalue weighted by Crippen LogP contribution is -2.06. The number of rotatable bonds is 4. The van der Waals surface area contributed by atoms with Gasteiger partial charge in [-0.2, -0.15) is 0 Å². The van der Waals surface area contributed by atoms with Gasteiger partial charge in [0.2, 0.25) is 0 Å². The minimum absolute atomic E-state index is 0.146. The Morgan fingerprint density at radius 3 is 2.67 bits per heavy atom. The average molecular weight is 278 g/mol. The van der Waals surface area contributed by atoms with Crippen molar-refractivity contribution in [2.75, 3.05) is 0 Å². The molecule has 0 radical (unpaired) electrons. The maximum Gasteiger partial charge on any atom is 0.181 e. The topological polar surface area (TPSA) is 34.4 Å². The Balaban J connectivity index is 1.86. The molecule has 3 nitrogen and oxygen atoms in total. The summed E-state index contributed by atoms with van der Waals surface area (Å²) in [5.74, 6) is 0.146. The van der Waals surface area contributed by atoms with Crippen LogP contribution in [0.1, 0.15) is 33.7 Å². The molecule has 0 spiro atoms. The summed E-state index contributed by atoms with van der Waals surface area (Å²) in [6, 6.07) is 14.1. The van der Waals surface area contributed by atoms with Crippen LogP contribution in [-0.4, -0.2) is 15.2 Å². The highest BCUT2D eigenvalue weighted by Crippen LogP contribution is 2.16. The Morgan fingerprint density at radius 2 is 1.90 bits per heavy atom. The third kappa shape index (κ3) is 2.72. The SMILES string of the molecule is Cc1ccn2c(C(=O)CCc3ccccc3)c(C)nc2c1. The summed E-state index contributed by atoms with van der Waals surface area (Å²) in [5.41, 5.74) is 4.69. The van der Waals surface area contributed by atoms with Gasteiger partial charge in [-0.05, 0) is 43.5 Å². The number of hydrogen-bond donors (Lipinski definition) is 0. The molecule has 106 valence electrons. The first-order chi connectivity index (χ1) is 10.1. The van der Waals surface area contributed by atoms with E-state index in [2.05, 4.69) is 17.1 Å². The molecule has 0 bridgehead atoms. The first kappa shape index (κ1) is 13.6. The third-order valence-electron chi connectivity index (χ3n) is 3.70.